The largest absolute Gasteiger partial charge is 0.504 e. The van der Waals surface area contributed by atoms with Crippen molar-refractivity contribution in [1.82, 2.24) is 0 Å². The molecule has 0 saturated heterocycles. The first-order chi connectivity index (χ1) is 8.75. The lowest BCUT2D eigenvalue weighted by atomic mass is 9.86. The van der Waals surface area contributed by atoms with E-state index in [9.17, 15) is 10.2 Å². The highest BCUT2D eigenvalue weighted by Gasteiger charge is 2.18. The SMILES string of the molecule is Oc1cc2c3c(ccc4cccc(c43)CC2)c1O. The molecule has 2 nitrogen and oxygen atoms in total. The van der Waals surface area contributed by atoms with Crippen LogP contribution in [0.5, 0.6) is 11.5 Å². The lowest BCUT2D eigenvalue weighted by molar-refractivity contribution is 0.407. The molecule has 0 atom stereocenters. The normalized spacial score (nSPS) is 13.6. The van der Waals surface area contributed by atoms with Crippen molar-refractivity contribution >= 4 is 21.5 Å². The van der Waals surface area contributed by atoms with Crippen LogP contribution in [-0.4, -0.2) is 10.2 Å². The average Bonchev–Trinajstić information content (AvgIpc) is 2.40. The zero-order chi connectivity index (χ0) is 12.3. The summed E-state index contributed by atoms with van der Waals surface area (Å²) in [5, 5.41) is 24.1. The van der Waals surface area contributed by atoms with E-state index in [0.717, 1.165) is 29.2 Å². The van der Waals surface area contributed by atoms with Gasteiger partial charge in [0.25, 0.3) is 0 Å². The van der Waals surface area contributed by atoms with E-state index in [-0.39, 0.29) is 11.5 Å². The van der Waals surface area contributed by atoms with Crippen LogP contribution in [0.2, 0.25) is 0 Å². The minimum atomic E-state index is -0.0174. The van der Waals surface area contributed by atoms with Crippen LogP contribution in [0.1, 0.15) is 11.1 Å². The topological polar surface area (TPSA) is 40.5 Å². The quantitative estimate of drug-likeness (QED) is 0.463. The summed E-state index contributed by atoms with van der Waals surface area (Å²) in [4.78, 5) is 0. The third kappa shape index (κ3) is 1.07. The lowest BCUT2D eigenvalue weighted by Crippen LogP contribution is -2.01. The molecule has 18 heavy (non-hydrogen) atoms. The van der Waals surface area contributed by atoms with Crippen LogP contribution >= 0.6 is 0 Å². The van der Waals surface area contributed by atoms with Gasteiger partial charge in [0.2, 0.25) is 0 Å². The van der Waals surface area contributed by atoms with Crippen LogP contribution in [0.3, 0.4) is 0 Å². The van der Waals surface area contributed by atoms with Gasteiger partial charge < -0.3 is 10.2 Å². The van der Waals surface area contributed by atoms with E-state index >= 15 is 0 Å². The van der Waals surface area contributed by atoms with E-state index in [1.54, 1.807) is 6.07 Å². The molecular formula is C16H12O2. The lowest BCUT2D eigenvalue weighted by Gasteiger charge is -2.19. The van der Waals surface area contributed by atoms with Crippen molar-refractivity contribution in [3.63, 3.8) is 0 Å². The van der Waals surface area contributed by atoms with Gasteiger partial charge in [-0.1, -0.05) is 24.3 Å². The van der Waals surface area contributed by atoms with E-state index in [0.29, 0.717) is 0 Å². The first-order valence-electron chi connectivity index (χ1n) is 6.14. The van der Waals surface area contributed by atoms with Gasteiger partial charge in [-0.25, -0.2) is 0 Å². The summed E-state index contributed by atoms with van der Waals surface area (Å²) in [5.74, 6) is -0.0245. The summed E-state index contributed by atoms with van der Waals surface area (Å²) < 4.78 is 0. The molecule has 2 heteroatoms. The van der Waals surface area contributed by atoms with E-state index in [1.165, 1.54) is 16.3 Å². The van der Waals surface area contributed by atoms with Crippen molar-refractivity contribution in [2.75, 3.05) is 0 Å². The second-order valence-corrected chi connectivity index (χ2v) is 4.91. The van der Waals surface area contributed by atoms with Gasteiger partial charge in [0, 0.05) is 5.39 Å². The van der Waals surface area contributed by atoms with E-state index < -0.39 is 0 Å². The molecule has 0 saturated carbocycles. The Balaban J connectivity index is 2.37. The molecule has 88 valence electrons. The Kier molecular flexibility index (Phi) is 1.72. The second kappa shape index (κ2) is 3.16. The Morgan fingerprint density at radius 2 is 1.67 bits per heavy atom. The van der Waals surface area contributed by atoms with E-state index in [1.807, 2.05) is 12.1 Å². The summed E-state index contributed by atoms with van der Waals surface area (Å²) in [7, 11) is 0. The molecule has 3 aromatic rings. The Hall–Kier alpha value is -2.22. The number of hydrogen-bond donors (Lipinski definition) is 2. The van der Waals surface area contributed by atoms with Gasteiger partial charge in [0.15, 0.2) is 11.5 Å². The summed E-state index contributed by atoms with van der Waals surface area (Å²) in [6.45, 7) is 0. The van der Waals surface area contributed by atoms with Gasteiger partial charge in [-0.05, 0) is 52.3 Å². The first kappa shape index (κ1) is 9.77. The fourth-order valence-electron chi connectivity index (χ4n) is 3.10. The number of benzene rings is 3. The predicted molar refractivity (Wildman–Crippen MR) is 72.2 cm³/mol. The Morgan fingerprint density at radius 3 is 2.56 bits per heavy atom. The van der Waals surface area contributed by atoms with Gasteiger partial charge in [0.1, 0.15) is 0 Å². The monoisotopic (exact) mass is 236 g/mol. The third-order valence-electron chi connectivity index (χ3n) is 3.93. The van der Waals surface area contributed by atoms with Crippen molar-refractivity contribution in [1.29, 1.82) is 0 Å². The fourth-order valence-corrected chi connectivity index (χ4v) is 3.10. The highest BCUT2D eigenvalue weighted by molar-refractivity contribution is 6.13. The number of aryl methyl sites for hydroxylation is 2. The highest BCUT2D eigenvalue weighted by Crippen LogP contribution is 2.43. The number of hydrogen-bond acceptors (Lipinski definition) is 2. The molecule has 0 fully saturated rings. The number of phenols is 2. The summed E-state index contributed by atoms with van der Waals surface area (Å²) >= 11 is 0. The van der Waals surface area contributed by atoms with Gasteiger partial charge in [0.05, 0.1) is 0 Å². The molecule has 0 amide bonds. The second-order valence-electron chi connectivity index (χ2n) is 4.91. The third-order valence-corrected chi connectivity index (χ3v) is 3.93. The molecule has 0 radical (unpaired) electrons. The molecule has 0 aliphatic heterocycles. The fraction of sp³-hybridized carbons (Fsp3) is 0.125. The van der Waals surface area contributed by atoms with Crippen molar-refractivity contribution in [2.24, 2.45) is 0 Å². The molecule has 0 aromatic heterocycles. The predicted octanol–water partition coefficient (Wildman–Crippen LogP) is 3.50. The highest BCUT2D eigenvalue weighted by atomic mass is 16.3. The number of rotatable bonds is 0. The van der Waals surface area contributed by atoms with Crippen LogP contribution in [0.25, 0.3) is 21.5 Å². The van der Waals surface area contributed by atoms with Crippen molar-refractivity contribution in [3.05, 3.63) is 47.5 Å². The molecule has 1 aliphatic carbocycles. The molecule has 0 heterocycles. The summed E-state index contributed by atoms with van der Waals surface area (Å²) in [5.41, 5.74) is 2.46. The van der Waals surface area contributed by atoms with Crippen LogP contribution in [-0.2, 0) is 12.8 Å². The molecule has 0 unspecified atom stereocenters. The van der Waals surface area contributed by atoms with Gasteiger partial charge in [-0.2, -0.15) is 0 Å². The van der Waals surface area contributed by atoms with Gasteiger partial charge >= 0.3 is 0 Å². The maximum atomic E-state index is 10.0. The van der Waals surface area contributed by atoms with Crippen molar-refractivity contribution in [2.45, 2.75) is 12.8 Å². The molecule has 2 N–H and O–H groups in total. The smallest absolute Gasteiger partial charge is 0.165 e. The standard InChI is InChI=1S/C16H12O2/c17-13-8-11-5-4-9-2-1-3-10-6-7-12(16(13)18)15(11)14(9)10/h1-3,6-8,17-18H,4-5H2. The Bertz CT molecular complexity index is 803. The minimum Gasteiger partial charge on any atom is -0.504 e. The van der Waals surface area contributed by atoms with Crippen LogP contribution in [0.4, 0.5) is 0 Å². The first-order valence-corrected chi connectivity index (χ1v) is 6.14. The molecular weight excluding hydrogens is 224 g/mol. The maximum Gasteiger partial charge on any atom is 0.165 e. The van der Waals surface area contributed by atoms with Crippen molar-refractivity contribution < 1.29 is 10.2 Å². The average molecular weight is 236 g/mol. The van der Waals surface area contributed by atoms with Gasteiger partial charge in [-0.3, -0.25) is 0 Å². The Labute approximate surface area is 104 Å². The van der Waals surface area contributed by atoms with Gasteiger partial charge in [-0.15, -0.1) is 0 Å². The minimum absolute atomic E-state index is 0.00708. The zero-order valence-corrected chi connectivity index (χ0v) is 9.77. The molecule has 0 bridgehead atoms. The summed E-state index contributed by atoms with van der Waals surface area (Å²) in [6, 6.07) is 11.9. The van der Waals surface area contributed by atoms with Crippen LogP contribution < -0.4 is 0 Å². The van der Waals surface area contributed by atoms with Crippen molar-refractivity contribution in [3.8, 4) is 11.5 Å². The van der Waals surface area contributed by atoms with E-state index in [4.69, 9.17) is 0 Å². The number of phenolic OH excluding ortho intramolecular Hbond substituents is 2. The van der Waals surface area contributed by atoms with Crippen LogP contribution in [0.15, 0.2) is 36.4 Å². The molecule has 0 spiro atoms. The van der Waals surface area contributed by atoms with E-state index in [2.05, 4.69) is 18.2 Å². The Morgan fingerprint density at radius 1 is 0.833 bits per heavy atom. The maximum absolute atomic E-state index is 10.0. The summed E-state index contributed by atoms with van der Waals surface area (Å²) in [6.07, 6.45) is 1.91. The molecule has 4 rings (SSSR count). The number of aromatic hydroxyl groups is 2. The molecule has 3 aromatic carbocycles. The zero-order valence-electron chi connectivity index (χ0n) is 9.77. The van der Waals surface area contributed by atoms with Crippen LogP contribution in [0, 0.1) is 0 Å². The molecule has 1 aliphatic rings.